The van der Waals surface area contributed by atoms with Crippen LogP contribution in [0.4, 0.5) is 4.79 Å². The standard InChI is InChI=1S/C5H14N3O4P/c1-3-11-13(10,12-4-2)8-7-5(6)9/h3-4H2,1-2H3,(H,8,10)(H3,6,7,9). The van der Waals surface area contributed by atoms with Gasteiger partial charge in [0, 0.05) is 0 Å². The number of hydrogen-bond acceptors (Lipinski definition) is 4. The average Bonchev–Trinajstić information content (AvgIpc) is 2.02. The van der Waals surface area contributed by atoms with Gasteiger partial charge in [-0.05, 0) is 13.8 Å². The van der Waals surface area contributed by atoms with E-state index in [0.29, 0.717) is 0 Å². The van der Waals surface area contributed by atoms with Crippen molar-refractivity contribution in [2.75, 3.05) is 13.2 Å². The molecule has 0 rings (SSSR count). The minimum Gasteiger partial charge on any atom is -0.351 e. The predicted octanol–water partition coefficient (Wildman–Crippen LogP) is 0.340. The van der Waals surface area contributed by atoms with Gasteiger partial charge in [-0.3, -0.25) is 14.5 Å². The van der Waals surface area contributed by atoms with E-state index in [1.807, 2.05) is 5.43 Å². The minimum absolute atomic E-state index is 0.199. The molecule has 0 aliphatic carbocycles. The third-order valence-electron chi connectivity index (χ3n) is 0.914. The summed E-state index contributed by atoms with van der Waals surface area (Å²) in [6.07, 6.45) is 0. The Labute approximate surface area is 76.5 Å². The first-order chi connectivity index (χ1) is 6.04. The molecule has 0 atom stereocenters. The number of carbonyl (C=O) groups excluding carboxylic acids is 1. The number of primary amides is 1. The van der Waals surface area contributed by atoms with Crippen LogP contribution in [0.15, 0.2) is 0 Å². The molecule has 2 amide bonds. The Morgan fingerprint density at radius 1 is 1.38 bits per heavy atom. The number of carbonyl (C=O) groups is 1. The Hall–Kier alpha value is -0.620. The molecule has 0 spiro atoms. The average molecular weight is 211 g/mol. The highest BCUT2D eigenvalue weighted by Crippen LogP contribution is 2.42. The van der Waals surface area contributed by atoms with Crippen LogP contribution in [0.3, 0.4) is 0 Å². The second-order valence-electron chi connectivity index (χ2n) is 1.93. The van der Waals surface area contributed by atoms with E-state index >= 15 is 0 Å². The third kappa shape index (κ3) is 5.59. The number of hydrazine groups is 1. The zero-order chi connectivity index (χ0) is 10.3. The molecule has 13 heavy (non-hydrogen) atoms. The Morgan fingerprint density at radius 3 is 2.15 bits per heavy atom. The Balaban J connectivity index is 4.07. The Bertz CT molecular complexity index is 200. The van der Waals surface area contributed by atoms with E-state index in [1.54, 1.807) is 13.8 Å². The normalized spacial score (nSPS) is 11.2. The van der Waals surface area contributed by atoms with Crippen LogP contribution in [0.1, 0.15) is 13.8 Å². The summed E-state index contributed by atoms with van der Waals surface area (Å²) in [5.41, 5.74) is 6.68. The van der Waals surface area contributed by atoms with Crippen molar-refractivity contribution < 1.29 is 18.4 Å². The lowest BCUT2D eigenvalue weighted by Crippen LogP contribution is -2.39. The van der Waals surface area contributed by atoms with Gasteiger partial charge in [-0.15, -0.1) is 5.20 Å². The van der Waals surface area contributed by atoms with E-state index in [2.05, 4.69) is 5.20 Å². The monoisotopic (exact) mass is 211 g/mol. The van der Waals surface area contributed by atoms with Crippen molar-refractivity contribution in [1.29, 1.82) is 0 Å². The van der Waals surface area contributed by atoms with E-state index in [4.69, 9.17) is 14.8 Å². The van der Waals surface area contributed by atoms with E-state index in [1.165, 1.54) is 0 Å². The number of urea groups is 1. The molecule has 8 heteroatoms. The van der Waals surface area contributed by atoms with Crippen LogP contribution in [-0.2, 0) is 13.6 Å². The lowest BCUT2D eigenvalue weighted by Gasteiger charge is -2.16. The fourth-order valence-corrected chi connectivity index (χ4v) is 1.70. The Morgan fingerprint density at radius 2 is 1.85 bits per heavy atom. The van der Waals surface area contributed by atoms with Crippen LogP contribution in [0, 0.1) is 0 Å². The van der Waals surface area contributed by atoms with Crippen LogP contribution < -0.4 is 16.4 Å². The highest BCUT2D eigenvalue weighted by Gasteiger charge is 2.23. The van der Waals surface area contributed by atoms with Gasteiger partial charge in [-0.1, -0.05) is 0 Å². The molecule has 78 valence electrons. The number of amides is 2. The molecule has 4 N–H and O–H groups in total. The topological polar surface area (TPSA) is 103 Å². The van der Waals surface area contributed by atoms with Crippen molar-refractivity contribution in [3.8, 4) is 0 Å². The van der Waals surface area contributed by atoms with Gasteiger partial charge in [0.1, 0.15) is 0 Å². The zero-order valence-corrected chi connectivity index (χ0v) is 8.47. The Kier molecular flexibility index (Phi) is 5.65. The lowest BCUT2D eigenvalue weighted by atomic mass is 10.9. The van der Waals surface area contributed by atoms with Gasteiger partial charge in [0.05, 0.1) is 13.2 Å². The predicted molar refractivity (Wildman–Crippen MR) is 46.7 cm³/mol. The van der Waals surface area contributed by atoms with Crippen molar-refractivity contribution in [3.05, 3.63) is 0 Å². The van der Waals surface area contributed by atoms with Gasteiger partial charge >= 0.3 is 13.8 Å². The maximum absolute atomic E-state index is 11.5. The van der Waals surface area contributed by atoms with Crippen molar-refractivity contribution in [2.45, 2.75) is 13.8 Å². The molecule has 0 aromatic carbocycles. The van der Waals surface area contributed by atoms with Crippen molar-refractivity contribution in [3.63, 3.8) is 0 Å². The largest absolute Gasteiger partial charge is 0.423 e. The third-order valence-corrected chi connectivity index (χ3v) is 2.50. The molecule has 0 saturated carbocycles. The maximum Gasteiger partial charge on any atom is 0.423 e. The SMILES string of the molecule is CCOP(=O)(NNC(N)=O)OCC. The van der Waals surface area contributed by atoms with Gasteiger partial charge in [0.15, 0.2) is 0 Å². The highest BCUT2D eigenvalue weighted by atomic mass is 31.2. The van der Waals surface area contributed by atoms with Crippen molar-refractivity contribution in [1.82, 2.24) is 10.6 Å². The van der Waals surface area contributed by atoms with Gasteiger partial charge in [-0.2, -0.15) is 0 Å². The van der Waals surface area contributed by atoms with Crippen LogP contribution >= 0.6 is 7.75 Å². The van der Waals surface area contributed by atoms with Gasteiger partial charge < -0.3 is 5.73 Å². The molecule has 0 aliphatic rings. The molecular formula is C5H14N3O4P. The molecule has 0 aromatic rings. The van der Waals surface area contributed by atoms with Gasteiger partial charge in [0.25, 0.3) is 0 Å². The smallest absolute Gasteiger partial charge is 0.351 e. The summed E-state index contributed by atoms with van der Waals surface area (Å²) < 4.78 is 21.0. The van der Waals surface area contributed by atoms with E-state index in [9.17, 15) is 9.36 Å². The van der Waals surface area contributed by atoms with Crippen LogP contribution in [-0.4, -0.2) is 19.2 Å². The molecule has 0 heterocycles. The van der Waals surface area contributed by atoms with E-state index in [-0.39, 0.29) is 13.2 Å². The molecule has 0 bridgehead atoms. The summed E-state index contributed by atoms with van der Waals surface area (Å²) >= 11 is 0. The fraction of sp³-hybridized carbons (Fsp3) is 0.800. The number of nitrogens with two attached hydrogens (primary N) is 1. The van der Waals surface area contributed by atoms with Crippen LogP contribution in [0.25, 0.3) is 0 Å². The van der Waals surface area contributed by atoms with Crippen LogP contribution in [0.5, 0.6) is 0 Å². The lowest BCUT2D eigenvalue weighted by molar-refractivity contribution is 0.203. The fourth-order valence-electron chi connectivity index (χ4n) is 0.565. The second-order valence-corrected chi connectivity index (χ2v) is 3.67. The van der Waals surface area contributed by atoms with Crippen molar-refractivity contribution >= 4 is 13.8 Å². The number of rotatable bonds is 6. The van der Waals surface area contributed by atoms with E-state index in [0.717, 1.165) is 0 Å². The summed E-state index contributed by atoms with van der Waals surface area (Å²) in [6, 6.07) is -0.861. The quantitative estimate of drug-likeness (QED) is 0.434. The first-order valence-corrected chi connectivity index (χ1v) is 5.30. The second kappa shape index (κ2) is 5.93. The molecule has 7 nitrogen and oxygen atoms in total. The summed E-state index contributed by atoms with van der Waals surface area (Å²) in [5.74, 6) is 0. The summed E-state index contributed by atoms with van der Waals surface area (Å²) in [5, 5.41) is 2.08. The van der Waals surface area contributed by atoms with E-state index < -0.39 is 13.8 Å². The first kappa shape index (κ1) is 12.4. The van der Waals surface area contributed by atoms with Crippen molar-refractivity contribution in [2.24, 2.45) is 5.73 Å². The molecule has 0 aromatic heterocycles. The maximum atomic E-state index is 11.5. The molecule has 0 aliphatic heterocycles. The summed E-state index contributed by atoms with van der Waals surface area (Å²) in [4.78, 5) is 10.3. The molecular weight excluding hydrogens is 197 g/mol. The summed E-state index contributed by atoms with van der Waals surface area (Å²) in [6.45, 7) is 3.70. The molecule has 0 saturated heterocycles. The highest BCUT2D eigenvalue weighted by molar-refractivity contribution is 7.51. The zero-order valence-electron chi connectivity index (χ0n) is 7.57. The van der Waals surface area contributed by atoms with Crippen LogP contribution in [0.2, 0.25) is 0 Å². The first-order valence-electron chi connectivity index (χ1n) is 3.76. The molecule has 0 unspecified atom stereocenters. The van der Waals surface area contributed by atoms with Gasteiger partial charge in [-0.25, -0.2) is 9.36 Å². The summed E-state index contributed by atoms with van der Waals surface area (Å²) in [7, 11) is -3.44. The number of hydrogen-bond donors (Lipinski definition) is 3. The molecule has 0 radical (unpaired) electrons. The molecule has 0 fully saturated rings. The number of nitrogens with one attached hydrogen (secondary N) is 2. The van der Waals surface area contributed by atoms with Gasteiger partial charge in [0.2, 0.25) is 0 Å². The minimum atomic E-state index is -3.44.